The number of nitrogens with zero attached hydrogens (tertiary/aromatic N) is 4. The standard InChI is InChI=1S/C6H10N4O3/c1-2-3(11)4(12)5(13)6-7-8-9-10(2)6/h2-5,11-13H,1H3. The first-order valence-corrected chi connectivity index (χ1v) is 3.95. The largest absolute Gasteiger partial charge is 0.388 e. The van der Waals surface area contributed by atoms with Crippen molar-refractivity contribution >= 4 is 0 Å². The molecule has 72 valence electrons. The normalized spacial score (nSPS) is 38.8. The lowest BCUT2D eigenvalue weighted by Crippen LogP contribution is -2.44. The van der Waals surface area contributed by atoms with Gasteiger partial charge in [-0.05, 0) is 17.4 Å². The Morgan fingerprint density at radius 3 is 2.62 bits per heavy atom. The number of hydrogen-bond donors (Lipinski definition) is 3. The highest BCUT2D eigenvalue weighted by atomic mass is 16.4. The molecule has 4 unspecified atom stereocenters. The lowest BCUT2D eigenvalue weighted by Gasteiger charge is -2.32. The van der Waals surface area contributed by atoms with Gasteiger partial charge in [0.25, 0.3) is 0 Å². The van der Waals surface area contributed by atoms with E-state index in [0.29, 0.717) is 0 Å². The fraction of sp³-hybridized carbons (Fsp3) is 0.833. The zero-order valence-corrected chi connectivity index (χ0v) is 6.94. The van der Waals surface area contributed by atoms with Gasteiger partial charge in [0.2, 0.25) is 0 Å². The summed E-state index contributed by atoms with van der Waals surface area (Å²) in [6.07, 6.45) is -3.50. The monoisotopic (exact) mass is 186 g/mol. The number of aliphatic hydroxyl groups is 3. The van der Waals surface area contributed by atoms with E-state index in [-0.39, 0.29) is 5.82 Å². The van der Waals surface area contributed by atoms with Crippen molar-refractivity contribution in [2.45, 2.75) is 31.3 Å². The van der Waals surface area contributed by atoms with Crippen molar-refractivity contribution in [1.82, 2.24) is 20.2 Å². The van der Waals surface area contributed by atoms with Crippen LogP contribution in [0.3, 0.4) is 0 Å². The van der Waals surface area contributed by atoms with E-state index in [1.54, 1.807) is 6.92 Å². The lowest BCUT2D eigenvalue weighted by atomic mass is 9.97. The van der Waals surface area contributed by atoms with Gasteiger partial charge in [-0.1, -0.05) is 0 Å². The van der Waals surface area contributed by atoms with Gasteiger partial charge in [0.1, 0.15) is 18.3 Å². The average molecular weight is 186 g/mol. The molecular formula is C6H10N4O3. The van der Waals surface area contributed by atoms with E-state index in [0.717, 1.165) is 0 Å². The van der Waals surface area contributed by atoms with Gasteiger partial charge in [-0.3, -0.25) is 0 Å². The summed E-state index contributed by atoms with van der Waals surface area (Å²) in [6.45, 7) is 1.67. The number of tetrazole rings is 1. The van der Waals surface area contributed by atoms with Gasteiger partial charge in [-0.15, -0.1) is 5.10 Å². The van der Waals surface area contributed by atoms with Crippen LogP contribution in [0.2, 0.25) is 0 Å². The van der Waals surface area contributed by atoms with Crippen LogP contribution in [-0.2, 0) is 0 Å². The molecular weight excluding hydrogens is 176 g/mol. The van der Waals surface area contributed by atoms with Crippen LogP contribution in [0.4, 0.5) is 0 Å². The highest BCUT2D eigenvalue weighted by molar-refractivity contribution is 5.01. The Morgan fingerprint density at radius 1 is 1.23 bits per heavy atom. The molecule has 1 aliphatic rings. The predicted octanol–water partition coefficient (Wildman–Crippen LogP) is -2.00. The van der Waals surface area contributed by atoms with Crippen LogP contribution in [0.15, 0.2) is 0 Å². The third kappa shape index (κ3) is 1.05. The highest BCUT2D eigenvalue weighted by Crippen LogP contribution is 2.29. The molecule has 1 aromatic heterocycles. The molecule has 0 bridgehead atoms. The van der Waals surface area contributed by atoms with Crippen molar-refractivity contribution < 1.29 is 15.3 Å². The summed E-state index contributed by atoms with van der Waals surface area (Å²) in [6, 6.07) is -0.427. The van der Waals surface area contributed by atoms with E-state index in [2.05, 4.69) is 15.5 Å². The molecule has 2 heterocycles. The van der Waals surface area contributed by atoms with Crippen molar-refractivity contribution in [2.24, 2.45) is 0 Å². The summed E-state index contributed by atoms with van der Waals surface area (Å²) < 4.78 is 1.31. The Bertz CT molecular complexity index is 286. The second kappa shape index (κ2) is 2.72. The molecule has 7 heteroatoms. The van der Waals surface area contributed by atoms with E-state index >= 15 is 0 Å². The average Bonchev–Trinajstić information content (AvgIpc) is 2.59. The first-order chi connectivity index (χ1) is 6.13. The fourth-order valence-electron chi connectivity index (χ4n) is 1.45. The summed E-state index contributed by atoms with van der Waals surface area (Å²) in [5.41, 5.74) is 0. The molecule has 13 heavy (non-hydrogen) atoms. The first-order valence-electron chi connectivity index (χ1n) is 3.95. The summed E-state index contributed by atoms with van der Waals surface area (Å²) in [7, 11) is 0. The van der Waals surface area contributed by atoms with Gasteiger partial charge in [-0.25, -0.2) is 4.68 Å². The molecule has 2 rings (SSSR count). The highest BCUT2D eigenvalue weighted by Gasteiger charge is 2.40. The van der Waals surface area contributed by atoms with E-state index in [1.807, 2.05) is 0 Å². The van der Waals surface area contributed by atoms with Crippen LogP contribution in [0, 0.1) is 0 Å². The van der Waals surface area contributed by atoms with Gasteiger partial charge in [-0.2, -0.15) is 0 Å². The number of hydrogen-bond acceptors (Lipinski definition) is 6. The lowest BCUT2D eigenvalue weighted by molar-refractivity contribution is -0.101. The Kier molecular flexibility index (Phi) is 1.79. The van der Waals surface area contributed by atoms with Gasteiger partial charge in [0.15, 0.2) is 5.82 Å². The first kappa shape index (κ1) is 8.54. The van der Waals surface area contributed by atoms with Crippen LogP contribution in [-0.4, -0.2) is 47.7 Å². The van der Waals surface area contributed by atoms with Gasteiger partial charge < -0.3 is 15.3 Å². The number of fused-ring (bicyclic) bond motifs is 1. The third-order valence-electron chi connectivity index (χ3n) is 2.34. The fourth-order valence-corrected chi connectivity index (χ4v) is 1.45. The van der Waals surface area contributed by atoms with E-state index in [9.17, 15) is 15.3 Å². The van der Waals surface area contributed by atoms with Crippen LogP contribution >= 0.6 is 0 Å². The molecule has 1 aliphatic heterocycles. The SMILES string of the molecule is CC1C(O)C(O)C(O)c2nnnn21. The van der Waals surface area contributed by atoms with Crippen molar-refractivity contribution in [3.63, 3.8) is 0 Å². The Hall–Kier alpha value is -1.05. The van der Waals surface area contributed by atoms with Crippen LogP contribution in [0.25, 0.3) is 0 Å². The van der Waals surface area contributed by atoms with Crippen LogP contribution < -0.4 is 0 Å². The van der Waals surface area contributed by atoms with Crippen LogP contribution in [0.5, 0.6) is 0 Å². The van der Waals surface area contributed by atoms with Gasteiger partial charge >= 0.3 is 0 Å². The smallest absolute Gasteiger partial charge is 0.183 e. The Labute approximate surface area is 73.6 Å². The van der Waals surface area contributed by atoms with E-state index < -0.39 is 24.4 Å². The Morgan fingerprint density at radius 2 is 1.92 bits per heavy atom. The zero-order valence-electron chi connectivity index (χ0n) is 6.94. The maximum Gasteiger partial charge on any atom is 0.183 e. The molecule has 0 spiro atoms. The molecule has 0 aliphatic carbocycles. The maximum absolute atomic E-state index is 9.46. The molecule has 3 N–H and O–H groups in total. The summed E-state index contributed by atoms with van der Waals surface area (Å²) in [5, 5.41) is 38.8. The number of aliphatic hydroxyl groups excluding tert-OH is 3. The number of rotatable bonds is 0. The maximum atomic E-state index is 9.46. The molecule has 0 aromatic carbocycles. The zero-order chi connectivity index (χ0) is 9.59. The van der Waals surface area contributed by atoms with Crippen LogP contribution in [0.1, 0.15) is 24.9 Å². The summed E-state index contributed by atoms with van der Waals surface area (Å²) in [5.74, 6) is 0.185. The van der Waals surface area contributed by atoms with Crippen molar-refractivity contribution in [2.75, 3.05) is 0 Å². The minimum absolute atomic E-state index is 0.185. The summed E-state index contributed by atoms with van der Waals surface area (Å²) in [4.78, 5) is 0. The molecule has 0 amide bonds. The minimum atomic E-state index is -1.23. The predicted molar refractivity (Wildman–Crippen MR) is 39.5 cm³/mol. The molecule has 0 saturated heterocycles. The second-order valence-electron chi connectivity index (χ2n) is 3.15. The van der Waals surface area contributed by atoms with Gasteiger partial charge in [0.05, 0.1) is 6.04 Å². The van der Waals surface area contributed by atoms with Crippen molar-refractivity contribution in [3.8, 4) is 0 Å². The molecule has 0 fully saturated rings. The minimum Gasteiger partial charge on any atom is -0.388 e. The van der Waals surface area contributed by atoms with Crippen molar-refractivity contribution in [1.29, 1.82) is 0 Å². The molecule has 7 nitrogen and oxygen atoms in total. The van der Waals surface area contributed by atoms with Crippen molar-refractivity contribution in [3.05, 3.63) is 5.82 Å². The van der Waals surface area contributed by atoms with E-state index in [4.69, 9.17) is 0 Å². The quantitative estimate of drug-likeness (QED) is 0.433. The molecule has 4 atom stereocenters. The number of aromatic nitrogens is 4. The molecule has 1 aromatic rings. The second-order valence-corrected chi connectivity index (χ2v) is 3.15. The van der Waals surface area contributed by atoms with Gasteiger partial charge in [0, 0.05) is 0 Å². The van der Waals surface area contributed by atoms with E-state index in [1.165, 1.54) is 4.68 Å². The topological polar surface area (TPSA) is 104 Å². The molecule has 0 saturated carbocycles. The Balaban J connectivity index is 2.46. The summed E-state index contributed by atoms with van der Waals surface area (Å²) >= 11 is 0. The third-order valence-corrected chi connectivity index (χ3v) is 2.34. The molecule has 0 radical (unpaired) electrons.